The monoisotopic (exact) mass is 247 g/mol. The Bertz CT molecular complexity index is 647. The lowest BCUT2D eigenvalue weighted by molar-refractivity contribution is -0.134. The summed E-state index contributed by atoms with van der Waals surface area (Å²) in [6, 6.07) is 4.39. The maximum Gasteiger partial charge on any atom is 0.234 e. The van der Waals surface area contributed by atoms with Crippen LogP contribution < -0.4 is 5.32 Å². The molecular weight excluding hydrogens is 237 g/mol. The highest BCUT2D eigenvalue weighted by atomic mass is 19.1. The molecule has 0 saturated carbocycles. The molecule has 2 heterocycles. The largest absolute Gasteiger partial charge is 0.464 e. The lowest BCUT2D eigenvalue weighted by Crippen LogP contribution is -2.39. The summed E-state index contributed by atoms with van der Waals surface area (Å²) in [5, 5.41) is 2.64. The summed E-state index contributed by atoms with van der Waals surface area (Å²) in [5.74, 6) is -1.46. The molecule has 0 aliphatic carbocycles. The minimum atomic E-state index is -0.461. The topological polar surface area (TPSA) is 59.3 Å². The molecule has 0 spiro atoms. The number of amides is 2. The highest BCUT2D eigenvalue weighted by molar-refractivity contribution is 6.02. The smallest absolute Gasteiger partial charge is 0.234 e. The molecular formula is C13H10FNO3. The fraction of sp³-hybridized carbons (Fsp3) is 0.231. The van der Waals surface area contributed by atoms with Crippen molar-refractivity contribution < 1.29 is 18.4 Å². The van der Waals surface area contributed by atoms with Crippen LogP contribution in [0.1, 0.15) is 24.3 Å². The van der Waals surface area contributed by atoms with Crippen molar-refractivity contribution in [3.05, 3.63) is 35.8 Å². The molecule has 18 heavy (non-hydrogen) atoms. The molecule has 5 heteroatoms. The number of nitrogens with one attached hydrogen (secondary N) is 1. The molecule has 1 fully saturated rings. The molecule has 2 aromatic rings. The molecule has 92 valence electrons. The van der Waals surface area contributed by atoms with Crippen LogP contribution in [0.25, 0.3) is 11.0 Å². The van der Waals surface area contributed by atoms with Crippen molar-refractivity contribution >= 4 is 22.8 Å². The van der Waals surface area contributed by atoms with Gasteiger partial charge < -0.3 is 4.42 Å². The van der Waals surface area contributed by atoms with E-state index in [0.29, 0.717) is 23.0 Å². The number of hydrogen-bond acceptors (Lipinski definition) is 3. The molecule has 4 nitrogen and oxygen atoms in total. The predicted octanol–water partition coefficient (Wildman–Crippen LogP) is 2.09. The van der Waals surface area contributed by atoms with Crippen LogP contribution in [-0.2, 0) is 9.59 Å². The summed E-state index contributed by atoms with van der Waals surface area (Å²) >= 11 is 0. The third kappa shape index (κ3) is 1.59. The maximum atomic E-state index is 13.5. The number of piperidine rings is 1. The number of hydrogen-bond donors (Lipinski definition) is 1. The standard InChI is InChI=1S/C13H10FNO3/c14-10-3-1-7(12-9(10)5-6-18-12)8-2-4-11(16)15-13(8)17/h1,3,5-6,8H,2,4H2,(H,15,16,17). The molecule has 0 radical (unpaired) electrons. The summed E-state index contributed by atoms with van der Waals surface area (Å²) in [6.07, 6.45) is 2.10. The van der Waals surface area contributed by atoms with E-state index in [1.54, 1.807) is 6.07 Å². The quantitative estimate of drug-likeness (QED) is 0.785. The van der Waals surface area contributed by atoms with Crippen LogP contribution in [0, 0.1) is 5.82 Å². The van der Waals surface area contributed by atoms with Crippen LogP contribution in [0.3, 0.4) is 0 Å². The average Bonchev–Trinajstić information content (AvgIpc) is 2.81. The van der Waals surface area contributed by atoms with Crippen molar-refractivity contribution in [1.82, 2.24) is 5.32 Å². The first-order chi connectivity index (χ1) is 8.66. The minimum absolute atomic E-state index is 0.269. The average molecular weight is 247 g/mol. The van der Waals surface area contributed by atoms with Gasteiger partial charge in [0, 0.05) is 12.0 Å². The van der Waals surface area contributed by atoms with Crippen molar-refractivity contribution in [3.63, 3.8) is 0 Å². The van der Waals surface area contributed by atoms with Crippen LogP contribution in [0.5, 0.6) is 0 Å². The van der Waals surface area contributed by atoms with E-state index in [-0.39, 0.29) is 24.1 Å². The van der Waals surface area contributed by atoms with Crippen LogP contribution in [0.15, 0.2) is 28.9 Å². The Labute approximate surface area is 102 Å². The lowest BCUT2D eigenvalue weighted by Gasteiger charge is -2.21. The van der Waals surface area contributed by atoms with Gasteiger partial charge in [0.15, 0.2) is 0 Å². The van der Waals surface area contributed by atoms with Gasteiger partial charge >= 0.3 is 0 Å². The zero-order valence-electron chi connectivity index (χ0n) is 9.40. The maximum absolute atomic E-state index is 13.5. The van der Waals surface area contributed by atoms with Crippen LogP contribution in [0.2, 0.25) is 0 Å². The third-order valence-electron chi connectivity index (χ3n) is 3.21. The summed E-state index contributed by atoms with van der Waals surface area (Å²) in [5.41, 5.74) is 1.01. The number of furan rings is 1. The Morgan fingerprint density at radius 1 is 1.28 bits per heavy atom. The number of carbonyl (C=O) groups excluding carboxylic acids is 2. The number of halogens is 1. The van der Waals surface area contributed by atoms with Crippen molar-refractivity contribution in [1.29, 1.82) is 0 Å². The summed E-state index contributed by atoms with van der Waals surface area (Å²) in [7, 11) is 0. The van der Waals surface area contributed by atoms with Gasteiger partial charge in [-0.05, 0) is 18.6 Å². The molecule has 0 bridgehead atoms. The van der Waals surface area contributed by atoms with Crippen LogP contribution in [-0.4, -0.2) is 11.8 Å². The van der Waals surface area contributed by atoms with Gasteiger partial charge in [-0.3, -0.25) is 14.9 Å². The first kappa shape index (κ1) is 11.0. The van der Waals surface area contributed by atoms with Crippen LogP contribution >= 0.6 is 0 Å². The molecule has 1 saturated heterocycles. The van der Waals surface area contributed by atoms with Gasteiger partial charge in [-0.15, -0.1) is 0 Å². The molecule has 1 aliphatic heterocycles. The van der Waals surface area contributed by atoms with E-state index in [2.05, 4.69) is 5.32 Å². The van der Waals surface area contributed by atoms with Gasteiger partial charge in [0.25, 0.3) is 0 Å². The summed E-state index contributed by atoms with van der Waals surface area (Å²) in [4.78, 5) is 22.9. The molecule has 1 N–H and O–H groups in total. The SMILES string of the molecule is O=C1CCC(c2ccc(F)c3ccoc23)C(=O)N1. The summed E-state index contributed by atoms with van der Waals surface area (Å²) < 4.78 is 18.8. The predicted molar refractivity (Wildman–Crippen MR) is 61.3 cm³/mol. The Hall–Kier alpha value is -2.17. The zero-order chi connectivity index (χ0) is 12.7. The Balaban J connectivity index is 2.09. The molecule has 1 aliphatic rings. The van der Waals surface area contributed by atoms with E-state index in [4.69, 9.17) is 4.42 Å². The van der Waals surface area contributed by atoms with Crippen LogP contribution in [0.4, 0.5) is 4.39 Å². The highest BCUT2D eigenvalue weighted by Gasteiger charge is 2.30. The molecule has 1 aromatic carbocycles. The van der Waals surface area contributed by atoms with E-state index >= 15 is 0 Å². The number of benzene rings is 1. The Kier molecular flexibility index (Phi) is 2.40. The van der Waals surface area contributed by atoms with E-state index in [1.165, 1.54) is 18.4 Å². The van der Waals surface area contributed by atoms with Crippen molar-refractivity contribution in [2.75, 3.05) is 0 Å². The van der Waals surface area contributed by atoms with Gasteiger partial charge in [-0.1, -0.05) is 6.07 Å². The highest BCUT2D eigenvalue weighted by Crippen LogP contribution is 2.32. The Morgan fingerprint density at radius 3 is 2.89 bits per heavy atom. The molecule has 2 amide bonds. The second-order valence-corrected chi connectivity index (χ2v) is 4.30. The fourth-order valence-electron chi connectivity index (χ4n) is 2.31. The first-order valence-corrected chi connectivity index (χ1v) is 5.66. The molecule has 3 rings (SSSR count). The Morgan fingerprint density at radius 2 is 2.11 bits per heavy atom. The van der Waals surface area contributed by atoms with Gasteiger partial charge in [-0.2, -0.15) is 0 Å². The van der Waals surface area contributed by atoms with Crippen molar-refractivity contribution in [3.8, 4) is 0 Å². The number of fused-ring (bicyclic) bond motifs is 1. The molecule has 1 aromatic heterocycles. The van der Waals surface area contributed by atoms with Gasteiger partial charge in [-0.25, -0.2) is 4.39 Å². The molecule has 1 unspecified atom stereocenters. The third-order valence-corrected chi connectivity index (χ3v) is 3.21. The van der Waals surface area contributed by atoms with E-state index < -0.39 is 5.92 Å². The van der Waals surface area contributed by atoms with Gasteiger partial charge in [0.1, 0.15) is 11.4 Å². The fourth-order valence-corrected chi connectivity index (χ4v) is 2.31. The van der Waals surface area contributed by atoms with E-state index in [0.717, 1.165) is 0 Å². The second-order valence-electron chi connectivity index (χ2n) is 4.30. The van der Waals surface area contributed by atoms with Crippen molar-refractivity contribution in [2.24, 2.45) is 0 Å². The molecule has 1 atom stereocenters. The van der Waals surface area contributed by atoms with Gasteiger partial charge in [0.2, 0.25) is 11.8 Å². The first-order valence-electron chi connectivity index (χ1n) is 5.66. The zero-order valence-corrected chi connectivity index (χ0v) is 9.40. The normalized spacial score (nSPS) is 20.2. The number of rotatable bonds is 1. The van der Waals surface area contributed by atoms with Crippen molar-refractivity contribution in [2.45, 2.75) is 18.8 Å². The number of carbonyl (C=O) groups is 2. The lowest BCUT2D eigenvalue weighted by atomic mass is 9.89. The van der Waals surface area contributed by atoms with E-state index in [9.17, 15) is 14.0 Å². The minimum Gasteiger partial charge on any atom is -0.464 e. The second kappa shape index (κ2) is 3.94. The van der Waals surface area contributed by atoms with E-state index in [1.807, 2.05) is 0 Å². The number of imide groups is 1. The van der Waals surface area contributed by atoms with Gasteiger partial charge in [0.05, 0.1) is 17.6 Å². The summed E-state index contributed by atoms with van der Waals surface area (Å²) in [6.45, 7) is 0.